The van der Waals surface area contributed by atoms with E-state index in [4.69, 9.17) is 23.2 Å². The first-order valence-corrected chi connectivity index (χ1v) is 14.1. The van der Waals surface area contributed by atoms with Gasteiger partial charge in [0.1, 0.15) is 12.6 Å². The van der Waals surface area contributed by atoms with Gasteiger partial charge in [-0.05, 0) is 56.0 Å². The SMILES string of the molecule is CC[C@@H](C)NC(=O)[C@H](CC)N(Cc1ccc(Cl)cc1Cl)C(=O)CN(c1ccccc1C)S(C)(=O)=O. The van der Waals surface area contributed by atoms with E-state index >= 15 is 0 Å². The first-order chi connectivity index (χ1) is 16.4. The maximum atomic E-state index is 13.7. The predicted octanol–water partition coefficient (Wildman–Crippen LogP) is 4.79. The smallest absolute Gasteiger partial charge is 0.244 e. The molecule has 0 bridgehead atoms. The molecule has 0 radical (unpaired) electrons. The highest BCUT2D eigenvalue weighted by Crippen LogP contribution is 2.26. The third kappa shape index (κ3) is 7.85. The molecule has 0 aliphatic rings. The second kappa shape index (κ2) is 12.6. The molecule has 0 aliphatic heterocycles. The molecule has 2 aromatic carbocycles. The predicted molar refractivity (Wildman–Crippen MR) is 142 cm³/mol. The van der Waals surface area contributed by atoms with E-state index in [1.807, 2.05) is 13.8 Å². The monoisotopic (exact) mass is 541 g/mol. The summed E-state index contributed by atoms with van der Waals surface area (Å²) >= 11 is 12.4. The van der Waals surface area contributed by atoms with Gasteiger partial charge in [-0.3, -0.25) is 13.9 Å². The van der Waals surface area contributed by atoms with E-state index in [9.17, 15) is 18.0 Å². The van der Waals surface area contributed by atoms with Gasteiger partial charge >= 0.3 is 0 Å². The van der Waals surface area contributed by atoms with Crippen LogP contribution in [-0.4, -0.2) is 50.0 Å². The Hall–Kier alpha value is -2.29. The van der Waals surface area contributed by atoms with Crippen LogP contribution in [0.3, 0.4) is 0 Å². The number of hydrogen-bond acceptors (Lipinski definition) is 4. The lowest BCUT2D eigenvalue weighted by atomic mass is 10.1. The molecule has 2 aromatic rings. The number of para-hydroxylation sites is 1. The van der Waals surface area contributed by atoms with Gasteiger partial charge in [-0.2, -0.15) is 0 Å². The molecule has 0 heterocycles. The molecule has 192 valence electrons. The minimum absolute atomic E-state index is 0.0205. The second-order valence-electron chi connectivity index (χ2n) is 8.56. The van der Waals surface area contributed by atoms with Crippen molar-refractivity contribution in [2.45, 2.75) is 59.2 Å². The van der Waals surface area contributed by atoms with Crippen LogP contribution in [0.25, 0.3) is 0 Å². The summed E-state index contributed by atoms with van der Waals surface area (Å²) in [6.07, 6.45) is 2.12. The Morgan fingerprint density at radius 1 is 1.06 bits per heavy atom. The topological polar surface area (TPSA) is 86.8 Å². The Kier molecular flexibility index (Phi) is 10.4. The zero-order valence-electron chi connectivity index (χ0n) is 20.7. The molecule has 2 amide bonds. The molecule has 0 spiro atoms. The maximum Gasteiger partial charge on any atom is 0.244 e. The molecule has 0 saturated heterocycles. The van der Waals surface area contributed by atoms with Crippen molar-refractivity contribution in [3.63, 3.8) is 0 Å². The largest absolute Gasteiger partial charge is 0.352 e. The van der Waals surface area contributed by atoms with E-state index < -0.39 is 28.5 Å². The number of anilines is 1. The third-order valence-electron chi connectivity index (χ3n) is 5.81. The molecule has 2 rings (SSSR count). The molecule has 0 fully saturated rings. The number of carbonyl (C=O) groups is 2. The summed E-state index contributed by atoms with van der Waals surface area (Å²) in [5, 5.41) is 3.73. The van der Waals surface area contributed by atoms with E-state index in [0.717, 1.165) is 17.0 Å². The lowest BCUT2D eigenvalue weighted by Gasteiger charge is -2.33. The Labute approximate surface area is 218 Å². The Morgan fingerprint density at radius 2 is 1.71 bits per heavy atom. The van der Waals surface area contributed by atoms with Crippen LogP contribution in [-0.2, 0) is 26.2 Å². The summed E-state index contributed by atoms with van der Waals surface area (Å²) in [5.74, 6) is -0.821. The minimum atomic E-state index is -3.79. The normalized spacial score (nSPS) is 13.1. The number of amides is 2. The van der Waals surface area contributed by atoms with Crippen molar-refractivity contribution in [3.05, 3.63) is 63.6 Å². The van der Waals surface area contributed by atoms with Crippen molar-refractivity contribution in [1.82, 2.24) is 10.2 Å². The van der Waals surface area contributed by atoms with Crippen molar-refractivity contribution in [2.75, 3.05) is 17.1 Å². The maximum absolute atomic E-state index is 13.7. The van der Waals surface area contributed by atoms with Gasteiger partial charge in [-0.1, -0.05) is 61.3 Å². The highest BCUT2D eigenvalue weighted by atomic mass is 35.5. The molecule has 0 saturated carbocycles. The van der Waals surface area contributed by atoms with Crippen molar-refractivity contribution in [2.24, 2.45) is 0 Å². The Bertz CT molecular complexity index is 1160. The van der Waals surface area contributed by atoms with Crippen LogP contribution < -0.4 is 9.62 Å². The number of sulfonamides is 1. The summed E-state index contributed by atoms with van der Waals surface area (Å²) in [6.45, 7) is 6.98. The average molecular weight is 543 g/mol. The third-order valence-corrected chi connectivity index (χ3v) is 7.52. The highest BCUT2D eigenvalue weighted by molar-refractivity contribution is 7.92. The number of benzene rings is 2. The second-order valence-corrected chi connectivity index (χ2v) is 11.3. The summed E-state index contributed by atoms with van der Waals surface area (Å²) < 4.78 is 26.4. The lowest BCUT2D eigenvalue weighted by molar-refractivity contribution is -0.140. The van der Waals surface area contributed by atoms with Crippen molar-refractivity contribution in [3.8, 4) is 0 Å². The summed E-state index contributed by atoms with van der Waals surface area (Å²) in [5.41, 5.74) is 1.71. The van der Waals surface area contributed by atoms with Gasteiger partial charge in [0.2, 0.25) is 21.8 Å². The fourth-order valence-electron chi connectivity index (χ4n) is 3.63. The molecular formula is C25H33Cl2N3O4S. The first-order valence-electron chi connectivity index (χ1n) is 11.5. The van der Waals surface area contributed by atoms with Gasteiger partial charge < -0.3 is 10.2 Å². The number of hydrogen-bond donors (Lipinski definition) is 1. The van der Waals surface area contributed by atoms with E-state index in [-0.39, 0.29) is 18.5 Å². The van der Waals surface area contributed by atoms with Gasteiger partial charge in [-0.15, -0.1) is 0 Å². The standard InChI is InChI=1S/C25H33Cl2N3O4S/c1-6-18(4)28-25(32)22(7-2)29(15-19-12-13-20(26)14-21(19)27)24(31)16-30(35(5,33)34)23-11-9-8-10-17(23)3/h8-14,18,22H,6-7,15-16H2,1-5H3,(H,28,32)/t18-,22+/m1/s1. The summed E-state index contributed by atoms with van der Waals surface area (Å²) in [6, 6.07) is 11.0. The molecule has 0 unspecified atom stereocenters. The summed E-state index contributed by atoms with van der Waals surface area (Å²) in [4.78, 5) is 28.2. The van der Waals surface area contributed by atoms with E-state index in [0.29, 0.717) is 33.3 Å². The fraction of sp³-hybridized carbons (Fsp3) is 0.440. The van der Waals surface area contributed by atoms with Crippen LogP contribution in [0.1, 0.15) is 44.7 Å². The molecular weight excluding hydrogens is 509 g/mol. The highest BCUT2D eigenvalue weighted by Gasteiger charge is 2.32. The molecule has 1 N–H and O–H groups in total. The minimum Gasteiger partial charge on any atom is -0.352 e. The first kappa shape index (κ1) is 28.9. The number of nitrogens with one attached hydrogen (secondary N) is 1. The van der Waals surface area contributed by atoms with Crippen LogP contribution in [0.4, 0.5) is 5.69 Å². The van der Waals surface area contributed by atoms with Gasteiger partial charge in [0, 0.05) is 22.6 Å². The van der Waals surface area contributed by atoms with Crippen LogP contribution in [0, 0.1) is 6.92 Å². The van der Waals surface area contributed by atoms with Crippen molar-refractivity contribution >= 4 is 50.7 Å². The van der Waals surface area contributed by atoms with Gasteiger partial charge in [0.15, 0.2) is 0 Å². The molecule has 10 heteroatoms. The van der Waals surface area contributed by atoms with Gasteiger partial charge in [0.05, 0.1) is 11.9 Å². The number of aryl methyl sites for hydroxylation is 1. The van der Waals surface area contributed by atoms with Gasteiger partial charge in [0.25, 0.3) is 0 Å². The van der Waals surface area contributed by atoms with Crippen LogP contribution >= 0.6 is 23.2 Å². The van der Waals surface area contributed by atoms with Crippen LogP contribution in [0.15, 0.2) is 42.5 Å². The van der Waals surface area contributed by atoms with E-state index in [1.54, 1.807) is 56.3 Å². The Balaban J connectivity index is 2.49. The molecule has 0 aromatic heterocycles. The Morgan fingerprint density at radius 3 is 2.26 bits per heavy atom. The van der Waals surface area contributed by atoms with Crippen molar-refractivity contribution < 1.29 is 18.0 Å². The summed E-state index contributed by atoms with van der Waals surface area (Å²) in [7, 11) is -3.79. The lowest BCUT2D eigenvalue weighted by Crippen LogP contribution is -2.53. The number of carbonyl (C=O) groups excluding carboxylic acids is 2. The molecule has 7 nitrogen and oxygen atoms in total. The van der Waals surface area contributed by atoms with Crippen LogP contribution in [0.2, 0.25) is 10.0 Å². The van der Waals surface area contributed by atoms with Crippen LogP contribution in [0.5, 0.6) is 0 Å². The quantitative estimate of drug-likeness (QED) is 0.443. The molecule has 35 heavy (non-hydrogen) atoms. The number of halogens is 2. The zero-order chi connectivity index (χ0) is 26.3. The van der Waals surface area contributed by atoms with E-state index in [1.165, 1.54) is 4.90 Å². The zero-order valence-corrected chi connectivity index (χ0v) is 23.0. The molecule has 2 atom stereocenters. The number of rotatable bonds is 11. The van der Waals surface area contributed by atoms with Gasteiger partial charge in [-0.25, -0.2) is 8.42 Å². The van der Waals surface area contributed by atoms with Crippen molar-refractivity contribution in [1.29, 1.82) is 0 Å². The fourth-order valence-corrected chi connectivity index (χ4v) is 5.01. The average Bonchev–Trinajstić information content (AvgIpc) is 2.78. The molecule has 0 aliphatic carbocycles. The number of nitrogens with zero attached hydrogens (tertiary/aromatic N) is 2. The van der Waals surface area contributed by atoms with E-state index in [2.05, 4.69) is 5.32 Å².